The summed E-state index contributed by atoms with van der Waals surface area (Å²) in [6.07, 6.45) is 5.14. The lowest BCUT2D eigenvalue weighted by molar-refractivity contribution is 0.477. The maximum atomic E-state index is 12.9. The Labute approximate surface area is 235 Å². The van der Waals surface area contributed by atoms with Crippen molar-refractivity contribution in [3.05, 3.63) is 82.4 Å². The molecule has 0 spiro atoms. The first-order valence-electron chi connectivity index (χ1n) is 13.2. The van der Waals surface area contributed by atoms with Gasteiger partial charge in [0.1, 0.15) is 17.1 Å². The van der Waals surface area contributed by atoms with Gasteiger partial charge in [0.15, 0.2) is 5.82 Å². The molecular formula is C29H28N10O2. The highest BCUT2D eigenvalue weighted by Gasteiger charge is 2.22. The third kappa shape index (κ3) is 5.00. The number of hydrogen-bond acceptors (Lipinski definition) is 10. The Morgan fingerprint density at radius 1 is 1.02 bits per heavy atom. The van der Waals surface area contributed by atoms with E-state index in [9.17, 15) is 9.90 Å². The molecule has 0 unspecified atom stereocenters. The Hall–Kier alpha value is -5.44. The van der Waals surface area contributed by atoms with Crippen molar-refractivity contribution < 1.29 is 5.11 Å². The van der Waals surface area contributed by atoms with Gasteiger partial charge in [0.05, 0.1) is 23.6 Å². The number of aryl methyl sites for hydroxylation is 2. The SMILES string of the molecule is Cc1nn2ccn(CC#Cc3nccc(N4CCN(c5cc(-c6ccccc6O)nnc5N)CC4)n3)c(=O)c2c1C. The molecule has 0 radical (unpaired) electrons. The van der Waals surface area contributed by atoms with Crippen molar-refractivity contribution in [3.63, 3.8) is 0 Å². The number of anilines is 3. The molecule has 12 nitrogen and oxygen atoms in total. The Balaban J connectivity index is 1.14. The number of phenols is 1. The first-order chi connectivity index (χ1) is 19.9. The Kier molecular flexibility index (Phi) is 6.68. The van der Waals surface area contributed by atoms with Crippen molar-refractivity contribution in [1.29, 1.82) is 0 Å². The number of fused-ring (bicyclic) bond motifs is 1. The average molecular weight is 549 g/mol. The molecule has 206 valence electrons. The summed E-state index contributed by atoms with van der Waals surface area (Å²) in [5, 5.41) is 22.9. The normalized spacial score (nSPS) is 13.3. The molecule has 3 N–H and O–H groups in total. The fourth-order valence-corrected chi connectivity index (χ4v) is 4.90. The zero-order valence-electron chi connectivity index (χ0n) is 22.7. The molecule has 5 heterocycles. The van der Waals surface area contributed by atoms with Crippen molar-refractivity contribution in [1.82, 2.24) is 34.3 Å². The van der Waals surface area contributed by atoms with Gasteiger partial charge in [-0.1, -0.05) is 18.1 Å². The van der Waals surface area contributed by atoms with Crippen molar-refractivity contribution >= 4 is 22.8 Å². The van der Waals surface area contributed by atoms with Crippen molar-refractivity contribution in [2.45, 2.75) is 20.4 Å². The summed E-state index contributed by atoms with van der Waals surface area (Å²) in [6.45, 7) is 6.80. The van der Waals surface area contributed by atoms with E-state index in [0.717, 1.165) is 22.8 Å². The van der Waals surface area contributed by atoms with Crippen LogP contribution in [0.2, 0.25) is 0 Å². The summed E-state index contributed by atoms with van der Waals surface area (Å²) >= 11 is 0. The number of hydrogen-bond donors (Lipinski definition) is 2. The van der Waals surface area contributed by atoms with Crippen LogP contribution in [0.3, 0.4) is 0 Å². The van der Waals surface area contributed by atoms with Gasteiger partial charge in [-0.25, -0.2) is 14.5 Å². The van der Waals surface area contributed by atoms with Crippen LogP contribution in [0.15, 0.2) is 59.8 Å². The van der Waals surface area contributed by atoms with Crippen LogP contribution in [0.1, 0.15) is 17.1 Å². The number of nitrogens with two attached hydrogens (primary N) is 1. The number of aromatic nitrogens is 7. The predicted octanol–water partition coefficient (Wildman–Crippen LogP) is 2.03. The zero-order valence-corrected chi connectivity index (χ0v) is 22.7. The van der Waals surface area contributed by atoms with E-state index >= 15 is 0 Å². The molecule has 41 heavy (non-hydrogen) atoms. The van der Waals surface area contributed by atoms with Gasteiger partial charge in [0, 0.05) is 55.9 Å². The molecule has 1 fully saturated rings. The van der Waals surface area contributed by atoms with Crippen LogP contribution in [0.4, 0.5) is 17.3 Å². The smallest absolute Gasteiger partial charge is 0.277 e. The number of para-hydroxylation sites is 1. The maximum Gasteiger partial charge on any atom is 0.277 e. The molecule has 5 aromatic rings. The first kappa shape index (κ1) is 25.8. The number of aromatic hydroxyl groups is 1. The Morgan fingerprint density at radius 2 is 1.80 bits per heavy atom. The molecule has 0 aliphatic carbocycles. The van der Waals surface area contributed by atoms with Gasteiger partial charge in [-0.05, 0) is 44.0 Å². The van der Waals surface area contributed by atoms with E-state index in [1.807, 2.05) is 32.0 Å². The van der Waals surface area contributed by atoms with Crippen molar-refractivity contribution in [3.8, 4) is 28.8 Å². The van der Waals surface area contributed by atoms with Crippen LogP contribution < -0.4 is 21.1 Å². The van der Waals surface area contributed by atoms with Crippen LogP contribution in [-0.4, -0.2) is 65.6 Å². The number of phenolic OH excluding ortho intramolecular Hbond substituents is 1. The number of nitrogen functional groups attached to an aromatic ring is 1. The molecule has 1 saturated heterocycles. The highest BCUT2D eigenvalue weighted by atomic mass is 16.3. The topological polar surface area (TPSA) is 144 Å². The average Bonchev–Trinajstić information content (AvgIpc) is 3.28. The number of nitrogens with zero attached hydrogens (tertiary/aromatic N) is 9. The summed E-state index contributed by atoms with van der Waals surface area (Å²) in [5.41, 5.74) is 10.2. The lowest BCUT2D eigenvalue weighted by Gasteiger charge is -2.36. The van der Waals surface area contributed by atoms with Crippen LogP contribution in [0, 0.1) is 25.7 Å². The molecule has 1 aliphatic rings. The molecule has 1 aromatic carbocycles. The van der Waals surface area contributed by atoms with E-state index in [1.54, 1.807) is 45.9 Å². The zero-order chi connectivity index (χ0) is 28.5. The Morgan fingerprint density at radius 3 is 2.61 bits per heavy atom. The van der Waals surface area contributed by atoms with Gasteiger partial charge >= 0.3 is 0 Å². The fraction of sp³-hybridized carbons (Fsp3) is 0.241. The summed E-state index contributed by atoms with van der Waals surface area (Å²) in [6, 6.07) is 10.7. The summed E-state index contributed by atoms with van der Waals surface area (Å²) in [5.74, 6) is 7.67. The second-order valence-corrected chi connectivity index (χ2v) is 9.77. The molecule has 0 atom stereocenters. The molecule has 0 bridgehead atoms. The number of rotatable bonds is 4. The van der Waals surface area contributed by atoms with E-state index in [2.05, 4.69) is 46.9 Å². The molecule has 0 amide bonds. The van der Waals surface area contributed by atoms with Crippen molar-refractivity contribution in [2.24, 2.45) is 0 Å². The monoisotopic (exact) mass is 548 g/mol. The van der Waals surface area contributed by atoms with E-state index in [-0.39, 0.29) is 17.9 Å². The lowest BCUT2D eigenvalue weighted by Crippen LogP contribution is -2.47. The largest absolute Gasteiger partial charge is 0.507 e. The predicted molar refractivity (Wildman–Crippen MR) is 156 cm³/mol. The van der Waals surface area contributed by atoms with Gasteiger partial charge < -0.3 is 25.2 Å². The van der Waals surface area contributed by atoms with E-state index < -0.39 is 0 Å². The van der Waals surface area contributed by atoms with Crippen molar-refractivity contribution in [2.75, 3.05) is 41.7 Å². The van der Waals surface area contributed by atoms with Crippen LogP contribution in [0.5, 0.6) is 5.75 Å². The third-order valence-electron chi connectivity index (χ3n) is 7.25. The van der Waals surface area contributed by atoms with Gasteiger partial charge in [-0.2, -0.15) is 5.10 Å². The molecular weight excluding hydrogens is 520 g/mol. The van der Waals surface area contributed by atoms with Gasteiger partial charge in [0.2, 0.25) is 5.82 Å². The molecule has 4 aromatic heterocycles. The minimum Gasteiger partial charge on any atom is -0.507 e. The summed E-state index contributed by atoms with van der Waals surface area (Å²) in [7, 11) is 0. The van der Waals surface area contributed by atoms with E-state index in [1.165, 1.54) is 0 Å². The van der Waals surface area contributed by atoms with E-state index in [0.29, 0.717) is 54.6 Å². The number of piperazine rings is 1. The number of benzene rings is 1. The van der Waals surface area contributed by atoms with Gasteiger partial charge in [0.25, 0.3) is 5.56 Å². The fourth-order valence-electron chi connectivity index (χ4n) is 4.90. The third-order valence-corrected chi connectivity index (χ3v) is 7.25. The standard InChI is InChI=1S/C29H28N10O2/c1-19-20(2)35-39-17-16-38(29(41)27(19)39)11-5-8-25-31-10-9-26(32-25)37-14-12-36(13-15-37)23-18-22(33-34-28(23)30)21-6-3-4-7-24(21)40/h3-4,6-7,9-10,16-18,40H,11-15H2,1-2H3,(H2,30,34). The molecule has 12 heteroatoms. The maximum absolute atomic E-state index is 12.9. The van der Waals surface area contributed by atoms with E-state index in [4.69, 9.17) is 5.73 Å². The minimum absolute atomic E-state index is 0.134. The van der Waals surface area contributed by atoms with Gasteiger partial charge in [-0.15, -0.1) is 10.2 Å². The second kappa shape index (κ2) is 10.6. The van der Waals surface area contributed by atoms with Crippen LogP contribution >= 0.6 is 0 Å². The highest BCUT2D eigenvalue weighted by molar-refractivity contribution is 5.74. The molecule has 0 saturated carbocycles. The summed E-state index contributed by atoms with van der Waals surface area (Å²) < 4.78 is 3.17. The van der Waals surface area contributed by atoms with Gasteiger partial charge in [-0.3, -0.25) is 4.79 Å². The first-order valence-corrected chi connectivity index (χ1v) is 13.2. The second-order valence-electron chi connectivity index (χ2n) is 9.77. The highest BCUT2D eigenvalue weighted by Crippen LogP contribution is 2.31. The van der Waals surface area contributed by atoms with Crippen LogP contribution in [0.25, 0.3) is 16.8 Å². The quantitative estimate of drug-likeness (QED) is 0.320. The molecule has 6 rings (SSSR count). The molecule has 1 aliphatic heterocycles. The lowest BCUT2D eigenvalue weighted by atomic mass is 10.1. The Bertz CT molecular complexity index is 1880. The van der Waals surface area contributed by atoms with Crippen LogP contribution in [-0.2, 0) is 6.54 Å². The minimum atomic E-state index is -0.134. The summed E-state index contributed by atoms with van der Waals surface area (Å²) in [4.78, 5) is 26.2.